The molecule has 7 nitrogen and oxygen atoms in total. The molecular weight excluding hydrogens is 358 g/mol. The number of benzene rings is 1. The molecule has 3 rings (SSSR count). The fourth-order valence-electron chi connectivity index (χ4n) is 3.09. The number of carbonyl (C=O) groups is 3. The Morgan fingerprint density at radius 3 is 2.46 bits per heavy atom. The van der Waals surface area contributed by atoms with Gasteiger partial charge in [-0.15, -0.1) is 0 Å². The van der Waals surface area contributed by atoms with Crippen molar-refractivity contribution in [1.29, 1.82) is 0 Å². The normalized spacial score (nSPS) is 14.4. The number of nitrogens with one attached hydrogen (secondary N) is 1. The molecule has 28 heavy (non-hydrogen) atoms. The zero-order chi connectivity index (χ0) is 20.1. The lowest BCUT2D eigenvalue weighted by Crippen LogP contribution is -2.38. The molecule has 146 valence electrons. The number of esters is 1. The first-order valence-corrected chi connectivity index (χ1v) is 9.24. The van der Waals surface area contributed by atoms with Crippen LogP contribution in [0.15, 0.2) is 42.5 Å². The van der Waals surface area contributed by atoms with Crippen LogP contribution in [0.25, 0.3) is 0 Å². The first kappa shape index (κ1) is 19.5. The van der Waals surface area contributed by atoms with E-state index < -0.39 is 11.9 Å². The lowest BCUT2D eigenvalue weighted by atomic mass is 9.99. The quantitative estimate of drug-likeness (QED) is 0.823. The van der Waals surface area contributed by atoms with E-state index >= 15 is 0 Å². The minimum atomic E-state index is -0.488. The first-order valence-electron chi connectivity index (χ1n) is 9.24. The van der Waals surface area contributed by atoms with Gasteiger partial charge in [0.05, 0.1) is 12.7 Å². The highest BCUT2D eigenvalue weighted by Gasteiger charge is 2.23. The molecule has 7 heteroatoms. The summed E-state index contributed by atoms with van der Waals surface area (Å²) < 4.78 is 4.68. The number of piperidine rings is 1. The van der Waals surface area contributed by atoms with Crippen LogP contribution in [0.3, 0.4) is 0 Å². The van der Waals surface area contributed by atoms with E-state index in [0.29, 0.717) is 30.3 Å². The molecule has 2 heterocycles. The van der Waals surface area contributed by atoms with Crippen LogP contribution < -0.4 is 5.32 Å². The third-order valence-corrected chi connectivity index (χ3v) is 4.81. The van der Waals surface area contributed by atoms with Gasteiger partial charge in [0.25, 0.3) is 11.8 Å². The van der Waals surface area contributed by atoms with Gasteiger partial charge in [0.1, 0.15) is 11.4 Å². The van der Waals surface area contributed by atoms with Gasteiger partial charge in [-0.2, -0.15) is 0 Å². The van der Waals surface area contributed by atoms with Crippen molar-refractivity contribution >= 4 is 23.5 Å². The maximum absolute atomic E-state index is 12.7. The topological polar surface area (TPSA) is 88.6 Å². The maximum atomic E-state index is 12.7. The van der Waals surface area contributed by atoms with Crippen molar-refractivity contribution in [3.05, 3.63) is 59.4 Å². The molecule has 1 aliphatic rings. The number of pyridine rings is 1. The number of carbonyl (C=O) groups excluding carboxylic acids is 3. The third-order valence-electron chi connectivity index (χ3n) is 4.81. The Morgan fingerprint density at radius 1 is 1.07 bits per heavy atom. The third kappa shape index (κ3) is 4.54. The molecule has 1 aromatic carbocycles. The minimum Gasteiger partial charge on any atom is -0.465 e. The van der Waals surface area contributed by atoms with Crippen molar-refractivity contribution in [1.82, 2.24) is 9.88 Å². The van der Waals surface area contributed by atoms with Gasteiger partial charge in [-0.05, 0) is 49.1 Å². The number of aromatic nitrogens is 1. The number of rotatable bonds is 4. The van der Waals surface area contributed by atoms with Crippen LogP contribution in [-0.4, -0.2) is 47.9 Å². The van der Waals surface area contributed by atoms with E-state index in [1.54, 1.807) is 41.3 Å². The average molecular weight is 381 g/mol. The predicted molar refractivity (Wildman–Crippen MR) is 104 cm³/mol. The van der Waals surface area contributed by atoms with Gasteiger partial charge in [0, 0.05) is 18.8 Å². The highest BCUT2D eigenvalue weighted by atomic mass is 16.5. The molecule has 1 fully saturated rings. The predicted octanol–water partition coefficient (Wildman–Crippen LogP) is 2.99. The van der Waals surface area contributed by atoms with Gasteiger partial charge in [-0.3, -0.25) is 9.59 Å². The SMILES string of the molecule is COC(=O)c1cccc(NC(=O)c2cccc(C(=O)N3CCC(C)CC3)n2)c1. The summed E-state index contributed by atoms with van der Waals surface area (Å²) in [4.78, 5) is 42.9. The van der Waals surface area contributed by atoms with Crippen LogP contribution in [0.2, 0.25) is 0 Å². The summed E-state index contributed by atoms with van der Waals surface area (Å²) in [5.41, 5.74) is 1.16. The number of hydrogen-bond acceptors (Lipinski definition) is 5. The molecule has 1 saturated heterocycles. The minimum absolute atomic E-state index is 0.139. The van der Waals surface area contributed by atoms with Crippen molar-refractivity contribution in [2.75, 3.05) is 25.5 Å². The van der Waals surface area contributed by atoms with Gasteiger partial charge in [-0.25, -0.2) is 9.78 Å². The molecule has 0 spiro atoms. The molecule has 2 amide bonds. The van der Waals surface area contributed by atoms with Gasteiger partial charge < -0.3 is 15.0 Å². The standard InChI is InChI=1S/C21H23N3O4/c1-14-9-11-24(12-10-14)20(26)18-8-4-7-17(23-18)19(25)22-16-6-3-5-15(13-16)21(27)28-2/h3-8,13-14H,9-12H2,1-2H3,(H,22,25). The Hall–Kier alpha value is -3.22. The smallest absolute Gasteiger partial charge is 0.337 e. The van der Waals surface area contributed by atoms with E-state index in [4.69, 9.17) is 0 Å². The maximum Gasteiger partial charge on any atom is 0.337 e. The molecule has 0 aliphatic carbocycles. The summed E-state index contributed by atoms with van der Waals surface area (Å²) in [6.45, 7) is 3.59. The molecule has 0 unspecified atom stereocenters. The average Bonchev–Trinajstić information content (AvgIpc) is 2.73. The summed E-state index contributed by atoms with van der Waals surface area (Å²) in [5, 5.41) is 2.69. The second-order valence-electron chi connectivity index (χ2n) is 6.91. The van der Waals surface area contributed by atoms with Crippen LogP contribution in [0.4, 0.5) is 5.69 Å². The zero-order valence-electron chi connectivity index (χ0n) is 16.0. The molecule has 0 saturated carbocycles. The number of likely N-dealkylation sites (tertiary alicyclic amines) is 1. The Morgan fingerprint density at radius 2 is 1.75 bits per heavy atom. The van der Waals surface area contributed by atoms with E-state index in [2.05, 4.69) is 22.0 Å². The van der Waals surface area contributed by atoms with Crippen LogP contribution in [0.5, 0.6) is 0 Å². The molecule has 1 N–H and O–H groups in total. The van der Waals surface area contributed by atoms with E-state index in [1.165, 1.54) is 13.2 Å². The van der Waals surface area contributed by atoms with Crippen LogP contribution in [-0.2, 0) is 4.74 Å². The first-order chi connectivity index (χ1) is 13.5. The summed E-state index contributed by atoms with van der Waals surface area (Å²) in [6, 6.07) is 11.2. The molecule has 0 radical (unpaired) electrons. The Balaban J connectivity index is 1.72. The van der Waals surface area contributed by atoms with Crippen LogP contribution >= 0.6 is 0 Å². The number of amides is 2. The molecular formula is C21H23N3O4. The lowest BCUT2D eigenvalue weighted by molar-refractivity contribution is 0.0599. The van der Waals surface area contributed by atoms with Gasteiger partial charge in [0.15, 0.2) is 0 Å². The second kappa shape index (κ2) is 8.65. The van der Waals surface area contributed by atoms with E-state index in [9.17, 15) is 14.4 Å². The fraction of sp³-hybridized carbons (Fsp3) is 0.333. The summed E-state index contributed by atoms with van der Waals surface area (Å²) in [5.74, 6) is -0.481. The highest BCUT2D eigenvalue weighted by molar-refractivity contribution is 6.04. The van der Waals surface area contributed by atoms with Gasteiger partial charge in [0.2, 0.25) is 0 Å². The van der Waals surface area contributed by atoms with Crippen molar-refractivity contribution in [3.8, 4) is 0 Å². The Labute approximate surface area is 163 Å². The number of hydrogen-bond donors (Lipinski definition) is 1. The molecule has 0 bridgehead atoms. The Kier molecular flexibility index (Phi) is 6.03. The summed E-state index contributed by atoms with van der Waals surface area (Å²) in [6.07, 6.45) is 1.95. The van der Waals surface area contributed by atoms with E-state index in [1.807, 2.05) is 0 Å². The number of anilines is 1. The monoisotopic (exact) mass is 381 g/mol. The van der Waals surface area contributed by atoms with E-state index in [-0.39, 0.29) is 17.3 Å². The summed E-state index contributed by atoms with van der Waals surface area (Å²) in [7, 11) is 1.29. The zero-order valence-corrected chi connectivity index (χ0v) is 16.0. The largest absolute Gasteiger partial charge is 0.465 e. The number of methoxy groups -OCH3 is 1. The van der Waals surface area contributed by atoms with Crippen molar-refractivity contribution in [2.24, 2.45) is 5.92 Å². The lowest BCUT2D eigenvalue weighted by Gasteiger charge is -2.30. The van der Waals surface area contributed by atoms with Crippen LogP contribution in [0, 0.1) is 5.92 Å². The molecule has 2 aromatic rings. The van der Waals surface area contributed by atoms with Gasteiger partial charge >= 0.3 is 5.97 Å². The molecule has 0 atom stereocenters. The number of ether oxygens (including phenoxy) is 1. The Bertz CT molecular complexity index is 889. The highest BCUT2D eigenvalue weighted by Crippen LogP contribution is 2.18. The van der Waals surface area contributed by atoms with Crippen molar-refractivity contribution in [3.63, 3.8) is 0 Å². The van der Waals surface area contributed by atoms with Gasteiger partial charge in [-0.1, -0.05) is 19.1 Å². The van der Waals surface area contributed by atoms with E-state index in [0.717, 1.165) is 12.8 Å². The fourth-order valence-corrected chi connectivity index (χ4v) is 3.09. The number of nitrogens with zero attached hydrogens (tertiary/aromatic N) is 2. The second-order valence-corrected chi connectivity index (χ2v) is 6.91. The van der Waals surface area contributed by atoms with Crippen molar-refractivity contribution < 1.29 is 19.1 Å². The molecule has 1 aliphatic heterocycles. The summed E-state index contributed by atoms with van der Waals surface area (Å²) >= 11 is 0. The molecule has 1 aromatic heterocycles. The van der Waals surface area contributed by atoms with Crippen LogP contribution in [0.1, 0.15) is 51.1 Å². The van der Waals surface area contributed by atoms with Crippen molar-refractivity contribution in [2.45, 2.75) is 19.8 Å².